The fourth-order valence-electron chi connectivity index (χ4n) is 3.30. The summed E-state index contributed by atoms with van der Waals surface area (Å²) in [4.78, 5) is 6.79. The number of benzene rings is 1. The molecule has 0 aliphatic carbocycles. The first-order chi connectivity index (χ1) is 12.3. The Kier molecular flexibility index (Phi) is 5.06. The lowest BCUT2D eigenvalue weighted by molar-refractivity contribution is 0.0675. The monoisotopic (exact) mass is 360 g/mol. The maximum Gasteiger partial charge on any atom is 0.231 e. The van der Waals surface area contributed by atoms with Crippen LogP contribution in [0.4, 0.5) is 0 Å². The molecule has 4 rings (SSSR count). The molecule has 132 valence electrons. The number of aromatic nitrogens is 1. The minimum atomic E-state index is 0.253. The van der Waals surface area contributed by atoms with Gasteiger partial charge in [0.25, 0.3) is 0 Å². The molecule has 2 aliphatic rings. The highest BCUT2D eigenvalue weighted by Gasteiger charge is 2.22. The second-order valence-electron chi connectivity index (χ2n) is 6.42. The van der Waals surface area contributed by atoms with Crippen LogP contribution in [-0.2, 0) is 17.8 Å². The molecule has 1 aromatic carbocycles. The fraction of sp³-hybridized carbons (Fsp3) is 0.421. The Bertz CT molecular complexity index is 720. The van der Waals surface area contributed by atoms with Crippen molar-refractivity contribution in [3.8, 4) is 11.5 Å². The van der Waals surface area contributed by atoms with Crippen LogP contribution in [0.2, 0.25) is 5.02 Å². The van der Waals surface area contributed by atoms with Gasteiger partial charge in [0.1, 0.15) is 0 Å². The topological polar surface area (TPSA) is 43.8 Å². The van der Waals surface area contributed by atoms with Gasteiger partial charge < -0.3 is 14.2 Å². The third-order valence-corrected chi connectivity index (χ3v) is 4.88. The molecule has 1 unspecified atom stereocenters. The molecule has 3 heterocycles. The van der Waals surface area contributed by atoms with Gasteiger partial charge in [0.15, 0.2) is 11.5 Å². The van der Waals surface area contributed by atoms with Crippen LogP contribution in [0, 0.1) is 0 Å². The summed E-state index contributed by atoms with van der Waals surface area (Å²) >= 11 is 6.46. The van der Waals surface area contributed by atoms with Crippen LogP contribution in [0.15, 0.2) is 36.5 Å². The van der Waals surface area contributed by atoms with Gasteiger partial charge in [-0.3, -0.25) is 9.88 Å². The first-order valence-corrected chi connectivity index (χ1v) is 8.97. The molecule has 0 radical (unpaired) electrons. The van der Waals surface area contributed by atoms with Gasteiger partial charge in [-0.2, -0.15) is 0 Å². The lowest BCUT2D eigenvalue weighted by atomic mass is 10.1. The summed E-state index contributed by atoms with van der Waals surface area (Å²) in [5, 5.41) is 0.697. The Morgan fingerprint density at radius 2 is 2.04 bits per heavy atom. The van der Waals surface area contributed by atoms with E-state index in [0.29, 0.717) is 17.3 Å². The molecule has 5 nitrogen and oxygen atoms in total. The minimum absolute atomic E-state index is 0.253. The first-order valence-electron chi connectivity index (χ1n) is 8.60. The first kappa shape index (κ1) is 16.6. The SMILES string of the molecule is Clc1cc2c(cc1CN(Cc1ccccn1)CC1CCCO1)OCO2. The molecule has 0 N–H and O–H groups in total. The number of nitrogens with zero attached hydrogens (tertiary/aromatic N) is 2. The Balaban J connectivity index is 1.52. The highest BCUT2D eigenvalue weighted by atomic mass is 35.5. The van der Waals surface area contributed by atoms with Crippen LogP contribution in [0.25, 0.3) is 0 Å². The van der Waals surface area contributed by atoms with E-state index < -0.39 is 0 Å². The number of pyridine rings is 1. The molecule has 0 spiro atoms. The van der Waals surface area contributed by atoms with E-state index in [4.69, 9.17) is 25.8 Å². The molecule has 1 saturated heterocycles. The van der Waals surface area contributed by atoms with Crippen molar-refractivity contribution in [1.82, 2.24) is 9.88 Å². The second-order valence-corrected chi connectivity index (χ2v) is 6.83. The van der Waals surface area contributed by atoms with Crippen LogP contribution in [0.1, 0.15) is 24.1 Å². The fourth-order valence-corrected chi connectivity index (χ4v) is 3.52. The number of rotatable bonds is 6. The van der Waals surface area contributed by atoms with Gasteiger partial charge in [-0.1, -0.05) is 17.7 Å². The smallest absolute Gasteiger partial charge is 0.231 e. The predicted octanol–water partition coefficient (Wildman–Crippen LogP) is 3.64. The molecule has 0 bridgehead atoms. The van der Waals surface area contributed by atoms with E-state index in [2.05, 4.69) is 9.88 Å². The lowest BCUT2D eigenvalue weighted by Gasteiger charge is -2.25. The highest BCUT2D eigenvalue weighted by Crippen LogP contribution is 2.37. The average molecular weight is 361 g/mol. The summed E-state index contributed by atoms with van der Waals surface area (Å²) in [5.41, 5.74) is 2.07. The average Bonchev–Trinajstić information content (AvgIpc) is 3.27. The highest BCUT2D eigenvalue weighted by molar-refractivity contribution is 6.31. The zero-order valence-electron chi connectivity index (χ0n) is 14.0. The number of hydrogen-bond acceptors (Lipinski definition) is 5. The van der Waals surface area contributed by atoms with E-state index in [0.717, 1.165) is 49.5 Å². The molecule has 25 heavy (non-hydrogen) atoms. The van der Waals surface area contributed by atoms with E-state index in [1.54, 1.807) is 0 Å². The predicted molar refractivity (Wildman–Crippen MR) is 94.9 cm³/mol. The van der Waals surface area contributed by atoms with Crippen molar-refractivity contribution in [3.63, 3.8) is 0 Å². The molecule has 6 heteroatoms. The number of halogens is 1. The van der Waals surface area contributed by atoms with Crippen molar-refractivity contribution in [3.05, 3.63) is 52.8 Å². The molecule has 1 aromatic heterocycles. The molecule has 2 aliphatic heterocycles. The summed E-state index contributed by atoms with van der Waals surface area (Å²) < 4.78 is 16.7. The molecule has 0 amide bonds. The summed E-state index contributed by atoms with van der Waals surface area (Å²) in [6.45, 7) is 3.44. The van der Waals surface area contributed by atoms with Gasteiger partial charge in [0, 0.05) is 43.5 Å². The van der Waals surface area contributed by atoms with E-state index in [-0.39, 0.29) is 12.9 Å². The zero-order valence-corrected chi connectivity index (χ0v) is 14.7. The molecule has 2 aromatic rings. The van der Waals surface area contributed by atoms with Gasteiger partial charge in [-0.05, 0) is 36.6 Å². The molecular formula is C19H21ClN2O3. The Morgan fingerprint density at radius 1 is 1.16 bits per heavy atom. The normalized spacial score (nSPS) is 18.9. The maximum atomic E-state index is 6.46. The zero-order chi connectivity index (χ0) is 17.1. The molecule has 1 fully saturated rings. The number of fused-ring (bicyclic) bond motifs is 1. The number of hydrogen-bond donors (Lipinski definition) is 0. The van der Waals surface area contributed by atoms with Gasteiger partial charge in [-0.15, -0.1) is 0 Å². The third kappa shape index (κ3) is 4.06. The third-order valence-electron chi connectivity index (χ3n) is 4.53. The second kappa shape index (κ2) is 7.60. The van der Waals surface area contributed by atoms with Crippen LogP contribution >= 0.6 is 11.6 Å². The van der Waals surface area contributed by atoms with Crippen molar-refractivity contribution >= 4 is 11.6 Å². The van der Waals surface area contributed by atoms with Crippen molar-refractivity contribution in [1.29, 1.82) is 0 Å². The van der Waals surface area contributed by atoms with Crippen molar-refractivity contribution < 1.29 is 14.2 Å². The standard InChI is InChI=1S/C19H21ClN2O3/c20-17-9-19-18(24-13-25-19)8-14(17)10-22(12-16-5-3-7-23-16)11-15-4-1-2-6-21-15/h1-2,4,6,8-9,16H,3,5,7,10-13H2. The van der Waals surface area contributed by atoms with Crippen molar-refractivity contribution in [2.24, 2.45) is 0 Å². The van der Waals surface area contributed by atoms with Gasteiger partial charge >= 0.3 is 0 Å². The van der Waals surface area contributed by atoms with Crippen LogP contribution in [-0.4, -0.2) is 35.9 Å². The lowest BCUT2D eigenvalue weighted by Crippen LogP contribution is -2.31. The van der Waals surface area contributed by atoms with Crippen LogP contribution in [0.5, 0.6) is 11.5 Å². The van der Waals surface area contributed by atoms with E-state index in [9.17, 15) is 0 Å². The Morgan fingerprint density at radius 3 is 2.80 bits per heavy atom. The summed E-state index contributed by atoms with van der Waals surface area (Å²) in [5.74, 6) is 1.47. The largest absolute Gasteiger partial charge is 0.454 e. The van der Waals surface area contributed by atoms with E-state index in [1.807, 2.05) is 36.5 Å². The van der Waals surface area contributed by atoms with Gasteiger partial charge in [0.2, 0.25) is 6.79 Å². The van der Waals surface area contributed by atoms with E-state index in [1.165, 1.54) is 0 Å². The summed E-state index contributed by atoms with van der Waals surface area (Å²) in [7, 11) is 0. The minimum Gasteiger partial charge on any atom is -0.454 e. The number of ether oxygens (including phenoxy) is 3. The van der Waals surface area contributed by atoms with Crippen LogP contribution in [0.3, 0.4) is 0 Å². The van der Waals surface area contributed by atoms with Crippen molar-refractivity contribution in [2.45, 2.75) is 32.0 Å². The molecule has 0 saturated carbocycles. The molecule has 1 atom stereocenters. The van der Waals surface area contributed by atoms with Crippen molar-refractivity contribution in [2.75, 3.05) is 19.9 Å². The Labute approximate surface area is 152 Å². The maximum absolute atomic E-state index is 6.46. The van der Waals surface area contributed by atoms with Crippen LogP contribution < -0.4 is 9.47 Å². The summed E-state index contributed by atoms with van der Waals surface area (Å²) in [6, 6.07) is 9.81. The van der Waals surface area contributed by atoms with Gasteiger partial charge in [0.05, 0.1) is 11.8 Å². The van der Waals surface area contributed by atoms with E-state index >= 15 is 0 Å². The quantitative estimate of drug-likeness (QED) is 0.786. The molecular weight excluding hydrogens is 340 g/mol. The Hall–Kier alpha value is -1.82. The summed E-state index contributed by atoms with van der Waals surface area (Å²) in [6.07, 6.45) is 4.34. The van der Waals surface area contributed by atoms with Gasteiger partial charge in [-0.25, -0.2) is 0 Å².